The maximum absolute atomic E-state index is 12.6. The van der Waals surface area contributed by atoms with E-state index in [1.807, 2.05) is 6.92 Å². The van der Waals surface area contributed by atoms with E-state index in [9.17, 15) is 19.2 Å². The predicted molar refractivity (Wildman–Crippen MR) is 268 cm³/mol. The minimum absolute atomic E-state index is 0.0120. The van der Waals surface area contributed by atoms with Gasteiger partial charge in [-0.3, -0.25) is 19.2 Å². The van der Waals surface area contributed by atoms with E-state index >= 15 is 0 Å². The molecule has 2 rings (SSSR count). The Morgan fingerprint density at radius 3 is 1.16 bits per heavy atom. The van der Waals surface area contributed by atoms with E-state index in [1.54, 1.807) is 34.6 Å². The first-order valence-electron chi connectivity index (χ1n) is 24.6. The first kappa shape index (κ1) is 56.6. The number of hydrogen-bond donors (Lipinski definition) is 0. The van der Waals surface area contributed by atoms with Crippen molar-refractivity contribution in [2.24, 2.45) is 23.7 Å². The molecule has 0 heterocycles. The molecule has 0 aromatic rings. The molecule has 0 fully saturated rings. The van der Waals surface area contributed by atoms with Crippen molar-refractivity contribution >= 4 is 23.1 Å². The first-order valence-corrected chi connectivity index (χ1v) is 24.6. The Balaban J connectivity index is 0.000000620. The van der Waals surface area contributed by atoms with Crippen molar-refractivity contribution in [1.82, 2.24) is 0 Å². The second kappa shape index (κ2) is 29.9. The molecule has 0 N–H and O–H groups in total. The van der Waals surface area contributed by atoms with Crippen LogP contribution in [-0.4, -0.2) is 23.1 Å². The average Bonchev–Trinajstić information content (AvgIpc) is 3.20. The second-order valence-corrected chi connectivity index (χ2v) is 20.3. The van der Waals surface area contributed by atoms with Crippen LogP contribution in [0.2, 0.25) is 0 Å². The van der Waals surface area contributed by atoms with Crippen LogP contribution in [0.25, 0.3) is 0 Å². The quantitative estimate of drug-likeness (QED) is 0.0642. The standard InChI is InChI=1S/C29H50O2.C29H42O2/c2*1-20(2)12-9-13-21(3)14-10-15-22(4)16-11-17-23(5)18-19-27-26(8)28(30)24(6)25(7)29(27)31/h20-23H,9-19H2,1-8H3;12,14,16,18H,9-11,13,15,17,19H2,1-8H3. The van der Waals surface area contributed by atoms with Gasteiger partial charge in [0.25, 0.3) is 0 Å². The minimum Gasteiger partial charge on any atom is -0.289 e. The summed E-state index contributed by atoms with van der Waals surface area (Å²) in [4.78, 5) is 49.7. The van der Waals surface area contributed by atoms with E-state index in [0.717, 1.165) is 74.7 Å². The fourth-order valence-electron chi connectivity index (χ4n) is 8.45. The molecular weight excluding hydrogens is 761 g/mol. The average molecular weight is 853 g/mol. The lowest BCUT2D eigenvalue weighted by molar-refractivity contribution is -0.116. The summed E-state index contributed by atoms with van der Waals surface area (Å²) >= 11 is 0. The van der Waals surface area contributed by atoms with Crippen LogP contribution >= 0.6 is 0 Å². The fourth-order valence-corrected chi connectivity index (χ4v) is 8.45. The van der Waals surface area contributed by atoms with Crippen molar-refractivity contribution < 1.29 is 19.2 Å². The zero-order valence-corrected chi connectivity index (χ0v) is 43.0. The first-order chi connectivity index (χ1) is 29.1. The second-order valence-electron chi connectivity index (χ2n) is 20.3. The van der Waals surface area contributed by atoms with Gasteiger partial charge in [-0.05, 0) is 158 Å². The molecule has 0 saturated carbocycles. The third-order valence-corrected chi connectivity index (χ3v) is 13.6. The highest BCUT2D eigenvalue weighted by molar-refractivity contribution is 6.25. The molecule has 3 unspecified atom stereocenters. The van der Waals surface area contributed by atoms with Crippen molar-refractivity contribution in [3.05, 3.63) is 91.2 Å². The number of hydrogen-bond acceptors (Lipinski definition) is 4. The molecule has 0 radical (unpaired) electrons. The highest BCUT2D eigenvalue weighted by Gasteiger charge is 2.28. The zero-order valence-electron chi connectivity index (χ0n) is 43.0. The summed E-state index contributed by atoms with van der Waals surface area (Å²) in [5, 5.41) is 0. The number of rotatable bonds is 26. The molecule has 0 saturated heterocycles. The van der Waals surface area contributed by atoms with Gasteiger partial charge in [-0.2, -0.15) is 0 Å². The summed E-state index contributed by atoms with van der Waals surface area (Å²) in [5.74, 6) is 3.32. The third kappa shape index (κ3) is 21.3. The van der Waals surface area contributed by atoms with E-state index < -0.39 is 0 Å². The molecule has 348 valence electrons. The molecule has 2 aliphatic rings. The van der Waals surface area contributed by atoms with Gasteiger partial charge in [-0.25, -0.2) is 0 Å². The highest BCUT2D eigenvalue weighted by atomic mass is 16.1. The Morgan fingerprint density at radius 2 is 0.742 bits per heavy atom. The molecule has 4 heteroatoms. The monoisotopic (exact) mass is 853 g/mol. The van der Waals surface area contributed by atoms with Crippen LogP contribution in [0.1, 0.15) is 226 Å². The van der Waals surface area contributed by atoms with Gasteiger partial charge in [0.2, 0.25) is 0 Å². The van der Waals surface area contributed by atoms with Crippen LogP contribution in [0.15, 0.2) is 91.2 Å². The minimum atomic E-state index is 0.0120. The Morgan fingerprint density at radius 1 is 0.403 bits per heavy atom. The van der Waals surface area contributed by atoms with Gasteiger partial charge < -0.3 is 0 Å². The third-order valence-electron chi connectivity index (χ3n) is 13.6. The summed E-state index contributed by atoms with van der Waals surface area (Å²) in [6.07, 6.45) is 30.0. The van der Waals surface area contributed by atoms with Gasteiger partial charge in [-0.1, -0.05) is 139 Å². The molecule has 0 amide bonds. The number of ketones is 4. The van der Waals surface area contributed by atoms with Crippen LogP contribution in [0.3, 0.4) is 0 Å². The molecule has 0 bridgehead atoms. The number of Topliss-reactive ketones (excluding diaryl/α,β-unsaturated/α-hetero) is 4. The van der Waals surface area contributed by atoms with E-state index in [4.69, 9.17) is 0 Å². The Kier molecular flexibility index (Phi) is 27.3. The van der Waals surface area contributed by atoms with E-state index in [-0.39, 0.29) is 23.1 Å². The van der Waals surface area contributed by atoms with Gasteiger partial charge in [0.15, 0.2) is 23.1 Å². The van der Waals surface area contributed by atoms with E-state index in [1.165, 1.54) is 80.1 Å². The number of carbonyl (C=O) groups is 4. The van der Waals surface area contributed by atoms with Crippen LogP contribution < -0.4 is 0 Å². The lowest BCUT2D eigenvalue weighted by Gasteiger charge is -2.20. The van der Waals surface area contributed by atoms with Crippen molar-refractivity contribution in [3.8, 4) is 0 Å². The lowest BCUT2D eigenvalue weighted by Crippen LogP contribution is -2.21. The van der Waals surface area contributed by atoms with Crippen molar-refractivity contribution in [1.29, 1.82) is 0 Å². The molecule has 0 aromatic heterocycles. The van der Waals surface area contributed by atoms with Crippen molar-refractivity contribution in [3.63, 3.8) is 0 Å². The summed E-state index contributed by atoms with van der Waals surface area (Å²) in [7, 11) is 0. The van der Waals surface area contributed by atoms with Gasteiger partial charge in [0.05, 0.1) is 0 Å². The van der Waals surface area contributed by atoms with E-state index in [0.29, 0.717) is 51.4 Å². The van der Waals surface area contributed by atoms with E-state index in [2.05, 4.69) is 93.5 Å². The summed E-state index contributed by atoms with van der Waals surface area (Å²) in [6, 6.07) is 0. The smallest absolute Gasteiger partial charge is 0.185 e. The van der Waals surface area contributed by atoms with Gasteiger partial charge in [0, 0.05) is 44.6 Å². The maximum Gasteiger partial charge on any atom is 0.185 e. The Labute approximate surface area is 382 Å². The summed E-state index contributed by atoms with van der Waals surface area (Å²) < 4.78 is 0. The van der Waals surface area contributed by atoms with Crippen LogP contribution in [0.5, 0.6) is 0 Å². The van der Waals surface area contributed by atoms with Crippen LogP contribution in [0.4, 0.5) is 0 Å². The highest BCUT2D eigenvalue weighted by Crippen LogP contribution is 2.30. The molecule has 4 nitrogen and oxygen atoms in total. The largest absolute Gasteiger partial charge is 0.289 e. The van der Waals surface area contributed by atoms with Crippen LogP contribution in [0, 0.1) is 23.7 Å². The van der Waals surface area contributed by atoms with Gasteiger partial charge in [0.1, 0.15) is 0 Å². The van der Waals surface area contributed by atoms with Gasteiger partial charge >= 0.3 is 0 Å². The zero-order chi connectivity index (χ0) is 47.1. The summed E-state index contributed by atoms with van der Waals surface area (Å²) in [5.41, 5.74) is 10.7. The molecule has 0 aliphatic heterocycles. The molecule has 3 atom stereocenters. The fraction of sp³-hybridized carbons (Fsp3) is 0.655. The Hall–Kier alpha value is -3.40. The predicted octanol–water partition coefficient (Wildman–Crippen LogP) is 17.0. The molecule has 2 aliphatic carbocycles. The Bertz CT molecular complexity index is 1770. The molecule has 62 heavy (non-hydrogen) atoms. The topological polar surface area (TPSA) is 68.3 Å². The normalized spacial score (nSPS) is 17.3. The maximum atomic E-state index is 12.6. The van der Waals surface area contributed by atoms with Crippen molar-refractivity contribution in [2.45, 2.75) is 226 Å². The molecule has 0 aromatic carbocycles. The molecule has 0 spiro atoms. The molecular formula is C58H92O4. The SMILES string of the molecule is CC(C)=CCCC(C)=CCCC(C)=CCCC(C)=CCC1=C(C)C(=O)C(C)=C(C)C1=O.CC1=C(C)C(=O)C(CCC(C)CCCC(C)CCCC(C)CCCC(C)C)=C(C)C1=O. The van der Waals surface area contributed by atoms with Crippen molar-refractivity contribution in [2.75, 3.05) is 0 Å². The summed E-state index contributed by atoms with van der Waals surface area (Å²) in [6.45, 7) is 33.3. The number of allylic oxidation sites excluding steroid dienone is 16. The number of carbonyl (C=O) groups excluding carboxylic acids is 4. The van der Waals surface area contributed by atoms with Gasteiger partial charge in [-0.15, -0.1) is 0 Å². The van der Waals surface area contributed by atoms with Crippen LogP contribution in [-0.2, 0) is 19.2 Å². The lowest BCUT2D eigenvalue weighted by atomic mass is 9.82.